The van der Waals surface area contributed by atoms with E-state index < -0.39 is 0 Å². The van der Waals surface area contributed by atoms with E-state index in [9.17, 15) is 4.79 Å². The van der Waals surface area contributed by atoms with Crippen molar-refractivity contribution < 1.29 is 9.53 Å². The van der Waals surface area contributed by atoms with Crippen LogP contribution in [0.5, 0.6) is 0 Å². The minimum atomic E-state index is -0.190. The Hall–Kier alpha value is -2.47. The summed E-state index contributed by atoms with van der Waals surface area (Å²) in [5.41, 5.74) is 2.26. The van der Waals surface area contributed by atoms with Gasteiger partial charge in [0.15, 0.2) is 0 Å². The molecule has 1 amide bonds. The molecule has 3 rings (SSSR count). The maximum Gasteiger partial charge on any atom is 0.270 e. The Labute approximate surface area is 154 Å². The largest absolute Gasteiger partial charge is 0.375 e. The molecule has 1 saturated heterocycles. The fourth-order valence-corrected chi connectivity index (χ4v) is 3.13. The number of ether oxygens (including phenoxy) is 1. The SMILES string of the molecule is CC(C)CC1CN(c2ccnc(C(=O)NCc3ccccn3)c2)CCO1. The summed E-state index contributed by atoms with van der Waals surface area (Å²) in [7, 11) is 0. The summed E-state index contributed by atoms with van der Waals surface area (Å²) >= 11 is 0. The summed E-state index contributed by atoms with van der Waals surface area (Å²) in [6, 6.07) is 9.44. The molecular weight excluding hydrogens is 328 g/mol. The molecule has 2 aromatic heterocycles. The van der Waals surface area contributed by atoms with Crippen LogP contribution in [0, 0.1) is 5.92 Å². The van der Waals surface area contributed by atoms with Gasteiger partial charge < -0.3 is 15.0 Å². The number of rotatable bonds is 6. The van der Waals surface area contributed by atoms with Crippen molar-refractivity contribution in [2.45, 2.75) is 32.9 Å². The molecular formula is C20H26N4O2. The second-order valence-corrected chi connectivity index (χ2v) is 6.97. The molecule has 1 aliphatic heterocycles. The first-order valence-corrected chi connectivity index (χ1v) is 9.12. The maximum atomic E-state index is 12.4. The zero-order valence-corrected chi connectivity index (χ0v) is 15.4. The molecule has 0 saturated carbocycles. The van der Waals surface area contributed by atoms with Crippen LogP contribution in [0.25, 0.3) is 0 Å². The van der Waals surface area contributed by atoms with E-state index in [1.807, 2.05) is 30.3 Å². The Morgan fingerprint density at radius 1 is 1.31 bits per heavy atom. The van der Waals surface area contributed by atoms with Crippen LogP contribution in [0.4, 0.5) is 5.69 Å². The molecule has 0 aliphatic carbocycles. The molecule has 2 aromatic rings. The number of carbonyl (C=O) groups is 1. The van der Waals surface area contributed by atoms with Crippen molar-refractivity contribution in [1.29, 1.82) is 0 Å². The van der Waals surface area contributed by atoms with Crippen LogP contribution >= 0.6 is 0 Å². The fourth-order valence-electron chi connectivity index (χ4n) is 3.13. The molecule has 1 N–H and O–H groups in total. The lowest BCUT2D eigenvalue weighted by molar-refractivity contribution is 0.0276. The van der Waals surface area contributed by atoms with E-state index >= 15 is 0 Å². The Balaban J connectivity index is 1.63. The summed E-state index contributed by atoms with van der Waals surface area (Å²) in [4.78, 5) is 23.1. The van der Waals surface area contributed by atoms with Crippen molar-refractivity contribution in [3.63, 3.8) is 0 Å². The number of hydrogen-bond donors (Lipinski definition) is 1. The highest BCUT2D eigenvalue weighted by molar-refractivity contribution is 5.93. The molecule has 6 nitrogen and oxygen atoms in total. The van der Waals surface area contributed by atoms with E-state index in [1.165, 1.54) is 0 Å². The van der Waals surface area contributed by atoms with Crippen molar-refractivity contribution in [2.75, 3.05) is 24.6 Å². The molecule has 6 heteroatoms. The monoisotopic (exact) mass is 354 g/mol. The highest BCUT2D eigenvalue weighted by Gasteiger charge is 2.22. The van der Waals surface area contributed by atoms with Gasteiger partial charge in [0.25, 0.3) is 5.91 Å². The van der Waals surface area contributed by atoms with Crippen LogP contribution in [0.1, 0.15) is 36.5 Å². The quantitative estimate of drug-likeness (QED) is 0.864. The minimum Gasteiger partial charge on any atom is -0.375 e. The molecule has 1 fully saturated rings. The summed E-state index contributed by atoms with van der Waals surface area (Å²) in [6.07, 6.45) is 4.68. The van der Waals surface area contributed by atoms with Crippen molar-refractivity contribution in [3.8, 4) is 0 Å². The number of aromatic nitrogens is 2. The average Bonchev–Trinajstić information content (AvgIpc) is 2.67. The molecule has 0 bridgehead atoms. The highest BCUT2D eigenvalue weighted by Crippen LogP contribution is 2.21. The molecule has 0 spiro atoms. The Morgan fingerprint density at radius 2 is 2.19 bits per heavy atom. The van der Waals surface area contributed by atoms with Gasteiger partial charge in [-0.3, -0.25) is 14.8 Å². The second-order valence-electron chi connectivity index (χ2n) is 6.97. The smallest absolute Gasteiger partial charge is 0.270 e. The van der Waals surface area contributed by atoms with Crippen LogP contribution in [0.3, 0.4) is 0 Å². The number of hydrogen-bond acceptors (Lipinski definition) is 5. The molecule has 1 atom stereocenters. The van der Waals surface area contributed by atoms with Crippen molar-refractivity contribution in [2.24, 2.45) is 5.92 Å². The minimum absolute atomic E-state index is 0.190. The standard InChI is InChI=1S/C20H26N4O2/c1-15(2)11-18-14-24(9-10-26-18)17-6-8-22-19(12-17)20(25)23-13-16-5-3-4-7-21-16/h3-8,12,15,18H,9-11,13-14H2,1-2H3,(H,23,25). The van der Waals surface area contributed by atoms with Crippen LogP contribution in [-0.4, -0.2) is 41.7 Å². The van der Waals surface area contributed by atoms with Gasteiger partial charge >= 0.3 is 0 Å². The number of anilines is 1. The number of nitrogens with zero attached hydrogens (tertiary/aromatic N) is 3. The number of morpholine rings is 1. The van der Waals surface area contributed by atoms with Gasteiger partial charge in [-0.05, 0) is 36.6 Å². The maximum absolute atomic E-state index is 12.4. The first-order chi connectivity index (χ1) is 12.6. The van der Waals surface area contributed by atoms with Gasteiger partial charge in [-0.25, -0.2) is 0 Å². The van der Waals surface area contributed by atoms with Crippen LogP contribution in [0.15, 0.2) is 42.7 Å². The summed E-state index contributed by atoms with van der Waals surface area (Å²) in [6.45, 7) is 7.18. The zero-order valence-electron chi connectivity index (χ0n) is 15.4. The van der Waals surface area contributed by atoms with Gasteiger partial charge in [-0.2, -0.15) is 0 Å². The summed E-state index contributed by atoms with van der Waals surface area (Å²) in [5.74, 6) is 0.412. The number of amides is 1. The molecule has 1 unspecified atom stereocenters. The molecule has 138 valence electrons. The van der Waals surface area contributed by atoms with E-state index in [1.54, 1.807) is 12.4 Å². The van der Waals surface area contributed by atoms with E-state index in [-0.39, 0.29) is 12.0 Å². The van der Waals surface area contributed by atoms with Gasteiger partial charge in [0.1, 0.15) is 5.69 Å². The molecule has 3 heterocycles. The van der Waals surface area contributed by atoms with Crippen molar-refractivity contribution in [1.82, 2.24) is 15.3 Å². The topological polar surface area (TPSA) is 67.4 Å². The van der Waals surface area contributed by atoms with Gasteiger partial charge in [-0.15, -0.1) is 0 Å². The van der Waals surface area contributed by atoms with E-state index in [2.05, 4.69) is 34.0 Å². The first kappa shape index (κ1) is 18.3. The van der Waals surface area contributed by atoms with E-state index in [4.69, 9.17) is 4.74 Å². The molecule has 0 aromatic carbocycles. The van der Waals surface area contributed by atoms with E-state index in [0.717, 1.165) is 30.9 Å². The predicted molar refractivity (Wildman–Crippen MR) is 101 cm³/mol. The van der Waals surface area contributed by atoms with Gasteiger partial charge in [0.2, 0.25) is 0 Å². The number of nitrogens with one attached hydrogen (secondary N) is 1. The van der Waals surface area contributed by atoms with Crippen molar-refractivity contribution >= 4 is 11.6 Å². The summed E-state index contributed by atoms with van der Waals surface area (Å²) < 4.78 is 5.86. The summed E-state index contributed by atoms with van der Waals surface area (Å²) in [5, 5.41) is 2.87. The first-order valence-electron chi connectivity index (χ1n) is 9.12. The number of pyridine rings is 2. The van der Waals surface area contributed by atoms with E-state index in [0.29, 0.717) is 24.8 Å². The molecule has 0 radical (unpaired) electrons. The van der Waals surface area contributed by atoms with Crippen LogP contribution in [0.2, 0.25) is 0 Å². The molecule has 26 heavy (non-hydrogen) atoms. The normalized spacial score (nSPS) is 17.3. The Morgan fingerprint density at radius 3 is 2.96 bits per heavy atom. The average molecular weight is 354 g/mol. The Bertz CT molecular complexity index is 721. The van der Waals surface area contributed by atoms with Gasteiger partial charge in [0, 0.05) is 31.2 Å². The lowest BCUT2D eigenvalue weighted by atomic mass is 10.0. The predicted octanol–water partition coefficient (Wildman–Crippen LogP) is 2.66. The lowest BCUT2D eigenvalue weighted by Gasteiger charge is -2.35. The zero-order chi connectivity index (χ0) is 18.4. The van der Waals surface area contributed by atoms with Crippen LogP contribution < -0.4 is 10.2 Å². The third-order valence-electron chi connectivity index (χ3n) is 4.37. The highest BCUT2D eigenvalue weighted by atomic mass is 16.5. The van der Waals surface area contributed by atoms with Crippen molar-refractivity contribution in [3.05, 3.63) is 54.1 Å². The van der Waals surface area contributed by atoms with Gasteiger partial charge in [0.05, 0.1) is 24.9 Å². The van der Waals surface area contributed by atoms with Crippen LogP contribution in [-0.2, 0) is 11.3 Å². The fraction of sp³-hybridized carbons (Fsp3) is 0.450. The second kappa shape index (κ2) is 8.76. The molecule has 1 aliphatic rings. The third-order valence-corrected chi connectivity index (χ3v) is 4.37. The third kappa shape index (κ3) is 5.02. The Kier molecular flexibility index (Phi) is 6.17. The number of carbonyl (C=O) groups excluding carboxylic acids is 1. The lowest BCUT2D eigenvalue weighted by Crippen LogP contribution is -2.43. The van der Waals surface area contributed by atoms with Gasteiger partial charge in [-0.1, -0.05) is 19.9 Å².